The van der Waals surface area contributed by atoms with Crippen molar-refractivity contribution in [3.05, 3.63) is 41.5 Å². The summed E-state index contributed by atoms with van der Waals surface area (Å²) < 4.78 is 17.1. The molecule has 2 aliphatic rings. The van der Waals surface area contributed by atoms with Crippen LogP contribution >= 0.6 is 0 Å². The molecule has 0 N–H and O–H groups in total. The van der Waals surface area contributed by atoms with Gasteiger partial charge in [-0.1, -0.05) is 31.2 Å². The number of hydrogen-bond donors (Lipinski definition) is 0. The summed E-state index contributed by atoms with van der Waals surface area (Å²) in [6.45, 7) is 5.04. The van der Waals surface area contributed by atoms with Crippen LogP contribution in [-0.2, 0) is 14.3 Å². The Bertz CT molecular complexity index is 1130. The Kier molecular flexibility index (Phi) is 8.21. The molecule has 1 saturated heterocycles. The average Bonchev–Trinajstić information content (AvgIpc) is 3.56. The maximum absolute atomic E-state index is 13.8. The van der Waals surface area contributed by atoms with Crippen molar-refractivity contribution in [1.29, 1.82) is 5.26 Å². The van der Waals surface area contributed by atoms with E-state index in [9.17, 15) is 14.4 Å². The number of benzene rings is 1. The Morgan fingerprint density at radius 1 is 1.11 bits per heavy atom. The zero-order chi connectivity index (χ0) is 25.7. The number of furan rings is 1. The summed E-state index contributed by atoms with van der Waals surface area (Å²) in [6, 6.07) is 9.88. The lowest BCUT2D eigenvalue weighted by molar-refractivity contribution is -0.124. The number of esters is 1. The first-order chi connectivity index (χ1) is 17.4. The minimum Gasteiger partial charge on any atom is -0.462 e. The Morgan fingerprint density at radius 2 is 1.83 bits per heavy atom. The molecular weight excluding hydrogens is 460 g/mol. The summed E-state index contributed by atoms with van der Waals surface area (Å²) in [5.41, 5.74) is 1.26. The number of hydrogen-bond acceptors (Lipinski definition) is 7. The van der Waals surface area contributed by atoms with E-state index in [1.165, 1.54) is 0 Å². The predicted molar refractivity (Wildman–Crippen MR) is 132 cm³/mol. The maximum atomic E-state index is 13.8. The van der Waals surface area contributed by atoms with Gasteiger partial charge in [-0.2, -0.15) is 5.26 Å². The summed E-state index contributed by atoms with van der Waals surface area (Å²) in [4.78, 5) is 40.5. The van der Waals surface area contributed by atoms with E-state index in [2.05, 4.69) is 6.92 Å². The maximum Gasteiger partial charge on any atom is 0.343 e. The molecule has 0 spiro atoms. The molecule has 8 nitrogen and oxygen atoms in total. The number of ketones is 1. The van der Waals surface area contributed by atoms with Crippen molar-refractivity contribution in [3.8, 4) is 17.4 Å². The molecule has 1 aromatic carbocycles. The molecule has 1 aliphatic heterocycles. The van der Waals surface area contributed by atoms with Gasteiger partial charge in [0.1, 0.15) is 11.3 Å². The minimum absolute atomic E-state index is 0.0405. The van der Waals surface area contributed by atoms with E-state index in [0.29, 0.717) is 42.4 Å². The van der Waals surface area contributed by atoms with E-state index in [-0.39, 0.29) is 48.1 Å². The van der Waals surface area contributed by atoms with E-state index in [1.54, 1.807) is 42.2 Å². The summed E-state index contributed by atoms with van der Waals surface area (Å²) in [5, 5.41) is 8.78. The molecule has 1 aromatic heterocycles. The van der Waals surface area contributed by atoms with Crippen molar-refractivity contribution in [2.45, 2.75) is 58.4 Å². The molecule has 1 aliphatic carbocycles. The van der Waals surface area contributed by atoms with Gasteiger partial charge in [0.25, 0.3) is 0 Å². The van der Waals surface area contributed by atoms with Crippen LogP contribution in [0.3, 0.4) is 0 Å². The first-order valence-electron chi connectivity index (χ1n) is 12.6. The first kappa shape index (κ1) is 25.6. The lowest BCUT2D eigenvalue weighted by Crippen LogP contribution is -2.45. The molecule has 1 unspecified atom stereocenters. The Hall–Kier alpha value is -3.44. The highest BCUT2D eigenvalue weighted by Crippen LogP contribution is 2.38. The normalized spacial score (nSPS) is 21.5. The highest BCUT2D eigenvalue weighted by atomic mass is 16.5. The van der Waals surface area contributed by atoms with Gasteiger partial charge in [0, 0.05) is 29.7 Å². The average molecular weight is 493 g/mol. The fraction of sp³-hybridized carbons (Fsp3) is 0.500. The highest BCUT2D eigenvalue weighted by molar-refractivity contribution is 6.03. The number of carbonyl (C=O) groups excluding carboxylic acids is 3. The Morgan fingerprint density at radius 3 is 2.44 bits per heavy atom. The van der Waals surface area contributed by atoms with Crippen LogP contribution in [0.1, 0.15) is 73.1 Å². The predicted octanol–water partition coefficient (Wildman–Crippen LogP) is 5.17. The Labute approximate surface area is 211 Å². The van der Waals surface area contributed by atoms with Crippen LogP contribution in [0.5, 0.6) is 0 Å². The standard InChI is InChI=1S/C28H32N2O6/c1-3-35-28(33)23-16-25(20-10-8-19(9-11-20)24(31)12-14-29)36-27(23)30(22-13-15-34-17-22)26(32)21-6-4-18(2)5-7-21/h8-11,16,18,21-22H,3-7,12-13,15,17H2,1-2H3/t18-,21-,22?. The number of ether oxygens (including phenoxy) is 2. The Balaban J connectivity index is 1.72. The molecule has 8 heteroatoms. The van der Waals surface area contributed by atoms with Gasteiger partial charge in [-0.15, -0.1) is 0 Å². The van der Waals surface area contributed by atoms with Gasteiger partial charge >= 0.3 is 5.97 Å². The largest absolute Gasteiger partial charge is 0.462 e. The number of anilines is 1. The van der Waals surface area contributed by atoms with Gasteiger partial charge in [-0.25, -0.2) is 4.79 Å². The topological polar surface area (TPSA) is 110 Å². The molecule has 1 saturated carbocycles. The third-order valence-corrected chi connectivity index (χ3v) is 7.03. The van der Waals surface area contributed by atoms with Gasteiger partial charge in [-0.05, 0) is 44.9 Å². The molecular formula is C28H32N2O6. The van der Waals surface area contributed by atoms with Gasteiger partial charge in [-0.3, -0.25) is 14.5 Å². The van der Waals surface area contributed by atoms with Crippen LogP contribution in [-0.4, -0.2) is 43.5 Å². The quantitative estimate of drug-likeness (QED) is 0.369. The van der Waals surface area contributed by atoms with Crippen LogP contribution < -0.4 is 4.90 Å². The molecule has 2 fully saturated rings. The summed E-state index contributed by atoms with van der Waals surface area (Å²) in [5.74, 6) is 0.185. The van der Waals surface area contributed by atoms with Crippen LogP contribution in [0.15, 0.2) is 34.7 Å². The van der Waals surface area contributed by atoms with Crippen molar-refractivity contribution in [2.24, 2.45) is 11.8 Å². The SMILES string of the molecule is CCOC(=O)c1cc(-c2ccc(C(=O)CC#N)cc2)oc1N(C(=O)[C@H]1CC[C@H](C)CC1)C1CCOC1. The lowest BCUT2D eigenvalue weighted by atomic mass is 9.82. The molecule has 2 aromatic rings. The van der Waals surface area contributed by atoms with Gasteiger partial charge in [0.05, 0.1) is 31.7 Å². The third kappa shape index (κ3) is 5.52. The van der Waals surface area contributed by atoms with E-state index >= 15 is 0 Å². The molecule has 4 rings (SSSR count). The number of nitrogens with zero attached hydrogens (tertiary/aromatic N) is 2. The number of nitriles is 1. The van der Waals surface area contributed by atoms with Crippen LogP contribution in [0.25, 0.3) is 11.3 Å². The first-order valence-corrected chi connectivity index (χ1v) is 12.6. The van der Waals surface area contributed by atoms with E-state index in [0.717, 1.165) is 25.7 Å². The number of amides is 1. The lowest BCUT2D eigenvalue weighted by Gasteiger charge is -2.33. The van der Waals surface area contributed by atoms with Gasteiger partial charge in [0.15, 0.2) is 5.78 Å². The third-order valence-electron chi connectivity index (χ3n) is 7.03. The zero-order valence-electron chi connectivity index (χ0n) is 20.8. The number of carbonyl (C=O) groups is 3. The highest BCUT2D eigenvalue weighted by Gasteiger charge is 2.39. The number of rotatable bonds is 8. The van der Waals surface area contributed by atoms with Crippen LogP contribution in [0.4, 0.5) is 5.88 Å². The van der Waals surface area contributed by atoms with Crippen LogP contribution in [0.2, 0.25) is 0 Å². The molecule has 2 heterocycles. The molecule has 36 heavy (non-hydrogen) atoms. The van der Waals surface area contributed by atoms with Gasteiger partial charge in [0.2, 0.25) is 11.8 Å². The van der Waals surface area contributed by atoms with Crippen molar-refractivity contribution < 1.29 is 28.3 Å². The summed E-state index contributed by atoms with van der Waals surface area (Å²) >= 11 is 0. The minimum atomic E-state index is -0.558. The number of Topliss-reactive ketones (excluding diaryl/α,β-unsaturated/α-hetero) is 1. The molecule has 0 radical (unpaired) electrons. The zero-order valence-corrected chi connectivity index (χ0v) is 20.8. The molecule has 190 valence electrons. The summed E-state index contributed by atoms with van der Waals surface area (Å²) in [6.07, 6.45) is 4.07. The molecule has 0 bridgehead atoms. The van der Waals surface area contributed by atoms with Crippen molar-refractivity contribution in [1.82, 2.24) is 0 Å². The second-order valence-corrected chi connectivity index (χ2v) is 9.57. The fourth-order valence-corrected chi connectivity index (χ4v) is 4.93. The van der Waals surface area contributed by atoms with E-state index in [1.807, 2.05) is 6.07 Å². The van der Waals surface area contributed by atoms with Gasteiger partial charge < -0.3 is 13.9 Å². The second-order valence-electron chi connectivity index (χ2n) is 9.57. The smallest absolute Gasteiger partial charge is 0.343 e. The fourth-order valence-electron chi connectivity index (χ4n) is 4.93. The monoisotopic (exact) mass is 492 g/mol. The van der Waals surface area contributed by atoms with Crippen molar-refractivity contribution in [3.63, 3.8) is 0 Å². The van der Waals surface area contributed by atoms with Crippen molar-refractivity contribution >= 4 is 23.5 Å². The van der Waals surface area contributed by atoms with E-state index < -0.39 is 5.97 Å². The molecule has 1 atom stereocenters. The summed E-state index contributed by atoms with van der Waals surface area (Å²) in [7, 11) is 0. The second kappa shape index (κ2) is 11.5. The van der Waals surface area contributed by atoms with Crippen molar-refractivity contribution in [2.75, 3.05) is 24.7 Å². The van der Waals surface area contributed by atoms with E-state index in [4.69, 9.17) is 19.2 Å². The van der Waals surface area contributed by atoms with Crippen LogP contribution in [0, 0.1) is 23.2 Å². The molecule has 1 amide bonds.